The molecule has 1 fully saturated rings. The minimum atomic E-state index is 0.232. The molecule has 0 bridgehead atoms. The van der Waals surface area contributed by atoms with Crippen molar-refractivity contribution >= 4 is 40.2 Å². The summed E-state index contributed by atoms with van der Waals surface area (Å²) in [5.74, 6) is 0.491. The first-order valence-electron chi connectivity index (χ1n) is 9.48. The molecule has 1 aliphatic heterocycles. The minimum Gasteiger partial charge on any atom is -0.399 e. The number of likely N-dealkylation sites (N-methyl/N-ethyl adjacent to an activating group) is 1. The van der Waals surface area contributed by atoms with Crippen molar-refractivity contribution < 1.29 is 0 Å². The van der Waals surface area contributed by atoms with E-state index in [-0.39, 0.29) is 5.15 Å². The lowest BCUT2D eigenvalue weighted by atomic mass is 10.0. The molecule has 0 atom stereocenters. The number of rotatable bonds is 4. The van der Waals surface area contributed by atoms with Crippen LogP contribution in [0.5, 0.6) is 0 Å². The fourth-order valence-corrected chi connectivity index (χ4v) is 3.59. The highest BCUT2D eigenvalue weighted by Gasteiger charge is 2.19. The Morgan fingerprint density at radius 3 is 2.48 bits per heavy atom. The van der Waals surface area contributed by atoms with Crippen LogP contribution in [0.1, 0.15) is 0 Å². The van der Waals surface area contributed by atoms with E-state index >= 15 is 0 Å². The van der Waals surface area contributed by atoms with Crippen LogP contribution >= 0.6 is 11.6 Å². The van der Waals surface area contributed by atoms with Crippen LogP contribution in [0.3, 0.4) is 0 Å². The zero-order valence-electron chi connectivity index (χ0n) is 16.3. The topological polar surface area (TPSA) is 96.3 Å². The van der Waals surface area contributed by atoms with Crippen molar-refractivity contribution in [2.45, 2.75) is 0 Å². The van der Waals surface area contributed by atoms with Gasteiger partial charge >= 0.3 is 0 Å². The predicted octanol–water partition coefficient (Wildman–Crippen LogP) is 3.46. The Morgan fingerprint density at radius 2 is 1.72 bits per heavy atom. The number of anilines is 5. The molecule has 0 unspecified atom stereocenters. The summed E-state index contributed by atoms with van der Waals surface area (Å²) in [7, 11) is 2.14. The van der Waals surface area contributed by atoms with E-state index in [0.29, 0.717) is 11.5 Å². The molecule has 2 heterocycles. The van der Waals surface area contributed by atoms with Gasteiger partial charge in [0.05, 0.1) is 11.4 Å². The van der Waals surface area contributed by atoms with E-state index in [1.54, 1.807) is 0 Å². The summed E-state index contributed by atoms with van der Waals surface area (Å²) in [5, 5.41) is 3.60. The molecule has 150 valence electrons. The maximum atomic E-state index is 6.09. The van der Waals surface area contributed by atoms with Crippen LogP contribution in [0, 0.1) is 0 Å². The third kappa shape index (κ3) is 4.21. The van der Waals surface area contributed by atoms with Gasteiger partial charge in [0.1, 0.15) is 12.0 Å². The third-order valence-corrected chi connectivity index (χ3v) is 5.45. The van der Waals surface area contributed by atoms with Gasteiger partial charge < -0.3 is 26.6 Å². The predicted molar refractivity (Wildman–Crippen MR) is 121 cm³/mol. The van der Waals surface area contributed by atoms with Crippen molar-refractivity contribution in [3.63, 3.8) is 0 Å². The first-order chi connectivity index (χ1) is 14.0. The van der Waals surface area contributed by atoms with E-state index in [2.05, 4.69) is 50.3 Å². The highest BCUT2D eigenvalue weighted by atomic mass is 35.5. The number of nitrogen functional groups attached to an aromatic ring is 2. The molecule has 5 N–H and O–H groups in total. The van der Waals surface area contributed by atoms with Crippen LogP contribution in [-0.4, -0.2) is 48.1 Å². The number of nitrogens with two attached hydrogens (primary N) is 2. The first kappa shape index (κ1) is 19.3. The summed E-state index contributed by atoms with van der Waals surface area (Å²) < 4.78 is 0. The number of aromatic nitrogens is 2. The second-order valence-electron chi connectivity index (χ2n) is 7.20. The van der Waals surface area contributed by atoms with E-state index in [1.165, 1.54) is 6.33 Å². The number of hydrogen-bond donors (Lipinski definition) is 3. The van der Waals surface area contributed by atoms with Gasteiger partial charge in [-0.2, -0.15) is 0 Å². The second kappa shape index (κ2) is 8.14. The van der Waals surface area contributed by atoms with Crippen molar-refractivity contribution in [2.75, 3.05) is 54.9 Å². The molecule has 2 aromatic carbocycles. The van der Waals surface area contributed by atoms with Crippen LogP contribution in [-0.2, 0) is 0 Å². The lowest BCUT2D eigenvalue weighted by molar-refractivity contribution is 0.313. The van der Waals surface area contributed by atoms with Gasteiger partial charge in [0, 0.05) is 31.9 Å². The first-order valence-corrected chi connectivity index (χ1v) is 9.85. The Labute approximate surface area is 175 Å². The number of nitrogens with zero attached hydrogens (tertiary/aromatic N) is 4. The second-order valence-corrected chi connectivity index (χ2v) is 7.56. The molecule has 0 spiro atoms. The zero-order valence-corrected chi connectivity index (χ0v) is 17.0. The van der Waals surface area contributed by atoms with Crippen LogP contribution < -0.4 is 21.7 Å². The van der Waals surface area contributed by atoms with E-state index in [4.69, 9.17) is 23.1 Å². The zero-order chi connectivity index (χ0) is 20.4. The largest absolute Gasteiger partial charge is 0.399 e. The number of piperazine rings is 1. The summed E-state index contributed by atoms with van der Waals surface area (Å²) in [6.07, 6.45) is 1.40. The Morgan fingerprint density at radius 1 is 0.966 bits per heavy atom. The molecular formula is C21H24ClN7. The Kier molecular flexibility index (Phi) is 5.42. The lowest BCUT2D eigenvalue weighted by Crippen LogP contribution is -2.44. The van der Waals surface area contributed by atoms with Crippen LogP contribution in [0.25, 0.3) is 11.1 Å². The van der Waals surface area contributed by atoms with Crippen molar-refractivity contribution in [3.05, 3.63) is 53.9 Å². The van der Waals surface area contributed by atoms with Gasteiger partial charge in [-0.3, -0.25) is 0 Å². The van der Waals surface area contributed by atoms with Crippen LogP contribution in [0.2, 0.25) is 5.15 Å². The summed E-state index contributed by atoms with van der Waals surface area (Å²) in [5.41, 5.74) is 17.2. The summed E-state index contributed by atoms with van der Waals surface area (Å²) in [6.45, 7) is 3.92. The summed E-state index contributed by atoms with van der Waals surface area (Å²) >= 11 is 6.08. The van der Waals surface area contributed by atoms with E-state index in [9.17, 15) is 0 Å². The van der Waals surface area contributed by atoms with Crippen LogP contribution in [0.15, 0.2) is 48.8 Å². The average Bonchev–Trinajstić information content (AvgIpc) is 2.72. The molecule has 0 aliphatic carbocycles. The number of benzene rings is 2. The van der Waals surface area contributed by atoms with Crippen molar-refractivity contribution in [2.24, 2.45) is 0 Å². The molecule has 0 amide bonds. The maximum absolute atomic E-state index is 6.09. The van der Waals surface area contributed by atoms with E-state index in [0.717, 1.165) is 54.4 Å². The van der Waals surface area contributed by atoms with Gasteiger partial charge in [-0.1, -0.05) is 29.8 Å². The molecule has 4 rings (SSSR count). The molecule has 29 heavy (non-hydrogen) atoms. The normalized spacial score (nSPS) is 14.8. The summed E-state index contributed by atoms with van der Waals surface area (Å²) in [4.78, 5) is 12.9. The van der Waals surface area contributed by atoms with E-state index in [1.807, 2.05) is 24.3 Å². The van der Waals surface area contributed by atoms with Gasteiger partial charge in [0.2, 0.25) is 0 Å². The molecule has 3 aromatic rings. The highest BCUT2D eigenvalue weighted by molar-refractivity contribution is 6.32. The fourth-order valence-electron chi connectivity index (χ4n) is 3.46. The molecule has 0 saturated carbocycles. The molecule has 1 aromatic heterocycles. The third-order valence-electron chi connectivity index (χ3n) is 5.15. The van der Waals surface area contributed by atoms with Crippen LogP contribution in [0.4, 0.5) is 28.6 Å². The smallest absolute Gasteiger partial charge is 0.158 e. The van der Waals surface area contributed by atoms with Gasteiger partial charge in [0.15, 0.2) is 11.0 Å². The maximum Gasteiger partial charge on any atom is 0.158 e. The minimum absolute atomic E-state index is 0.232. The van der Waals surface area contributed by atoms with Gasteiger partial charge in [-0.15, -0.1) is 0 Å². The Balaban J connectivity index is 1.75. The van der Waals surface area contributed by atoms with Crippen molar-refractivity contribution in [3.8, 4) is 11.1 Å². The molecule has 1 aliphatic rings. The average molecular weight is 410 g/mol. The lowest BCUT2D eigenvalue weighted by Gasteiger charge is -2.35. The van der Waals surface area contributed by atoms with Gasteiger partial charge in [-0.05, 0) is 42.4 Å². The molecular weight excluding hydrogens is 386 g/mol. The number of nitrogens with one attached hydrogen (secondary N) is 1. The Bertz CT molecular complexity index is 1020. The number of hydrogen-bond acceptors (Lipinski definition) is 7. The van der Waals surface area contributed by atoms with Gasteiger partial charge in [-0.25, -0.2) is 9.97 Å². The molecule has 0 radical (unpaired) electrons. The number of halogens is 1. The van der Waals surface area contributed by atoms with Gasteiger partial charge in [0.25, 0.3) is 0 Å². The SMILES string of the molecule is CN1CCN(c2ccc(-c3cccc(N)c3)cc2Nc2ncnc(Cl)c2N)CC1. The highest BCUT2D eigenvalue weighted by Crippen LogP contribution is 2.36. The quantitative estimate of drug-likeness (QED) is 0.448. The molecule has 7 nitrogen and oxygen atoms in total. The fraction of sp³-hybridized carbons (Fsp3) is 0.238. The van der Waals surface area contributed by atoms with E-state index < -0.39 is 0 Å². The standard InChI is InChI=1S/C21H24ClN7/c1-28-7-9-29(10-8-28)18-6-5-15(14-3-2-4-16(23)11-14)12-17(18)27-21-19(24)20(22)25-13-26-21/h2-6,11-13H,7-10,23-24H2,1H3,(H,25,26,27). The molecule has 8 heteroatoms. The Hall–Kier alpha value is -3.03. The molecule has 1 saturated heterocycles. The monoisotopic (exact) mass is 409 g/mol. The van der Waals surface area contributed by atoms with Crippen molar-refractivity contribution in [1.29, 1.82) is 0 Å². The summed E-state index contributed by atoms with van der Waals surface area (Å²) in [6, 6.07) is 14.2. The van der Waals surface area contributed by atoms with Crippen molar-refractivity contribution in [1.82, 2.24) is 14.9 Å².